The van der Waals surface area contributed by atoms with Crippen LogP contribution in [0.5, 0.6) is 5.88 Å². The zero-order valence-corrected chi connectivity index (χ0v) is 11.2. The van der Waals surface area contributed by atoms with Crippen molar-refractivity contribution >= 4 is 17.4 Å². The number of nitrogens with one attached hydrogen (secondary N) is 1. The highest BCUT2D eigenvalue weighted by Gasteiger charge is 2.22. The first-order valence-electron chi connectivity index (χ1n) is 6.23. The Kier molecular flexibility index (Phi) is 4.07. The SMILES string of the molecule is CC1CCCC(Oc2nccc(C(=N)N)c2Cl)C1. The van der Waals surface area contributed by atoms with E-state index in [4.69, 9.17) is 27.5 Å². The predicted octanol–water partition coefficient (Wildman–Crippen LogP) is 2.98. The van der Waals surface area contributed by atoms with E-state index in [9.17, 15) is 0 Å². The molecule has 0 bridgehead atoms. The van der Waals surface area contributed by atoms with Gasteiger partial charge in [-0.1, -0.05) is 24.9 Å². The number of amidine groups is 1. The Morgan fingerprint density at radius 2 is 2.33 bits per heavy atom. The fraction of sp³-hybridized carbons (Fsp3) is 0.538. The largest absolute Gasteiger partial charge is 0.473 e. The van der Waals surface area contributed by atoms with Gasteiger partial charge < -0.3 is 10.5 Å². The summed E-state index contributed by atoms with van der Waals surface area (Å²) in [6, 6.07) is 1.63. The molecule has 2 atom stereocenters. The minimum Gasteiger partial charge on any atom is -0.473 e. The number of aromatic nitrogens is 1. The van der Waals surface area contributed by atoms with Crippen molar-refractivity contribution < 1.29 is 4.74 Å². The van der Waals surface area contributed by atoms with Crippen LogP contribution >= 0.6 is 11.6 Å². The third kappa shape index (κ3) is 2.93. The average Bonchev–Trinajstić information content (AvgIpc) is 2.31. The van der Waals surface area contributed by atoms with Gasteiger partial charge in [0, 0.05) is 11.8 Å². The summed E-state index contributed by atoms with van der Waals surface area (Å²) in [7, 11) is 0. The van der Waals surface area contributed by atoms with E-state index >= 15 is 0 Å². The van der Waals surface area contributed by atoms with Gasteiger partial charge in [-0.25, -0.2) is 4.98 Å². The normalized spacial score (nSPS) is 23.7. The van der Waals surface area contributed by atoms with Gasteiger partial charge in [0.2, 0.25) is 5.88 Å². The molecule has 1 aliphatic carbocycles. The molecule has 0 spiro atoms. The van der Waals surface area contributed by atoms with Gasteiger partial charge in [-0.15, -0.1) is 0 Å². The van der Waals surface area contributed by atoms with Gasteiger partial charge in [-0.3, -0.25) is 5.41 Å². The van der Waals surface area contributed by atoms with Crippen LogP contribution in [-0.4, -0.2) is 16.9 Å². The molecule has 4 nitrogen and oxygen atoms in total. The van der Waals surface area contributed by atoms with Crippen LogP contribution in [-0.2, 0) is 0 Å². The first-order chi connectivity index (χ1) is 8.58. The predicted molar refractivity (Wildman–Crippen MR) is 72.3 cm³/mol. The number of pyridine rings is 1. The van der Waals surface area contributed by atoms with Crippen LogP contribution < -0.4 is 10.5 Å². The average molecular weight is 268 g/mol. The molecule has 0 aromatic carbocycles. The fourth-order valence-electron chi connectivity index (χ4n) is 2.36. The Labute approximate surface area is 112 Å². The lowest BCUT2D eigenvalue weighted by molar-refractivity contribution is 0.124. The van der Waals surface area contributed by atoms with Gasteiger partial charge in [-0.05, 0) is 31.2 Å². The van der Waals surface area contributed by atoms with E-state index in [0.29, 0.717) is 22.4 Å². The van der Waals surface area contributed by atoms with Crippen LogP contribution in [0.25, 0.3) is 0 Å². The van der Waals surface area contributed by atoms with Crippen LogP contribution in [0.4, 0.5) is 0 Å². The van der Waals surface area contributed by atoms with Crippen LogP contribution in [0.15, 0.2) is 12.3 Å². The molecule has 3 N–H and O–H groups in total. The molecular formula is C13H18ClN3O. The summed E-state index contributed by atoms with van der Waals surface area (Å²) in [4.78, 5) is 4.13. The standard InChI is InChI=1S/C13H18ClN3O/c1-8-3-2-4-9(7-8)18-13-11(14)10(12(15)16)5-6-17-13/h5-6,8-9H,2-4,7H2,1H3,(H3,15,16). The minimum atomic E-state index is -0.0655. The Morgan fingerprint density at radius 1 is 1.56 bits per heavy atom. The molecule has 98 valence electrons. The Morgan fingerprint density at radius 3 is 3.00 bits per heavy atom. The Bertz CT molecular complexity index is 450. The van der Waals surface area contributed by atoms with Crippen molar-refractivity contribution in [3.8, 4) is 5.88 Å². The van der Waals surface area contributed by atoms with Crippen molar-refractivity contribution in [3.63, 3.8) is 0 Å². The smallest absolute Gasteiger partial charge is 0.233 e. The van der Waals surface area contributed by atoms with Crippen molar-refractivity contribution in [2.45, 2.75) is 38.7 Å². The highest BCUT2D eigenvalue weighted by Crippen LogP contribution is 2.31. The van der Waals surface area contributed by atoms with E-state index in [0.717, 1.165) is 12.8 Å². The van der Waals surface area contributed by atoms with Crippen molar-refractivity contribution in [2.24, 2.45) is 11.7 Å². The number of nitrogen functional groups attached to an aromatic ring is 1. The molecule has 0 saturated heterocycles. The molecule has 1 aromatic heterocycles. The number of nitrogens with zero attached hydrogens (tertiary/aromatic N) is 1. The van der Waals surface area contributed by atoms with Crippen LogP contribution in [0, 0.1) is 11.3 Å². The van der Waals surface area contributed by atoms with E-state index in [1.165, 1.54) is 12.8 Å². The molecule has 0 radical (unpaired) electrons. The summed E-state index contributed by atoms with van der Waals surface area (Å²) in [5, 5.41) is 7.77. The van der Waals surface area contributed by atoms with Crippen LogP contribution in [0.3, 0.4) is 0 Å². The zero-order chi connectivity index (χ0) is 13.1. The van der Waals surface area contributed by atoms with Crippen molar-refractivity contribution in [1.29, 1.82) is 5.41 Å². The van der Waals surface area contributed by atoms with Crippen molar-refractivity contribution in [1.82, 2.24) is 4.98 Å². The lowest BCUT2D eigenvalue weighted by Gasteiger charge is -2.27. The topological polar surface area (TPSA) is 72.0 Å². The molecule has 0 amide bonds. The van der Waals surface area contributed by atoms with E-state index in [1.807, 2.05) is 0 Å². The number of hydrogen-bond donors (Lipinski definition) is 2. The van der Waals surface area contributed by atoms with Gasteiger partial charge in [-0.2, -0.15) is 0 Å². The Hall–Kier alpha value is -1.29. The molecule has 5 heteroatoms. The molecule has 1 saturated carbocycles. The first-order valence-corrected chi connectivity index (χ1v) is 6.61. The summed E-state index contributed by atoms with van der Waals surface area (Å²) in [6.07, 6.45) is 6.24. The van der Waals surface area contributed by atoms with Crippen molar-refractivity contribution in [3.05, 3.63) is 22.8 Å². The van der Waals surface area contributed by atoms with Gasteiger partial charge in [0.25, 0.3) is 0 Å². The Balaban J connectivity index is 2.14. The number of hydrogen-bond acceptors (Lipinski definition) is 3. The third-order valence-electron chi connectivity index (χ3n) is 3.31. The maximum Gasteiger partial charge on any atom is 0.233 e. The summed E-state index contributed by atoms with van der Waals surface area (Å²) in [5.41, 5.74) is 5.93. The molecule has 2 rings (SSSR count). The fourth-order valence-corrected chi connectivity index (χ4v) is 2.62. The maximum absolute atomic E-state index is 7.43. The van der Waals surface area contributed by atoms with Gasteiger partial charge in [0.1, 0.15) is 17.0 Å². The first kappa shape index (κ1) is 13.1. The van der Waals surface area contributed by atoms with E-state index in [-0.39, 0.29) is 11.9 Å². The summed E-state index contributed by atoms with van der Waals surface area (Å²) >= 11 is 6.15. The number of ether oxygens (including phenoxy) is 1. The highest BCUT2D eigenvalue weighted by atomic mass is 35.5. The lowest BCUT2D eigenvalue weighted by Crippen LogP contribution is -2.25. The van der Waals surface area contributed by atoms with E-state index in [1.54, 1.807) is 12.3 Å². The molecule has 18 heavy (non-hydrogen) atoms. The highest BCUT2D eigenvalue weighted by molar-refractivity contribution is 6.35. The molecular weight excluding hydrogens is 250 g/mol. The van der Waals surface area contributed by atoms with Crippen LogP contribution in [0.1, 0.15) is 38.2 Å². The molecule has 0 aliphatic heterocycles. The zero-order valence-electron chi connectivity index (χ0n) is 10.4. The summed E-state index contributed by atoms with van der Waals surface area (Å²) < 4.78 is 5.85. The summed E-state index contributed by atoms with van der Waals surface area (Å²) in [6.45, 7) is 2.23. The second-order valence-electron chi connectivity index (χ2n) is 4.90. The lowest BCUT2D eigenvalue weighted by atomic mass is 9.89. The number of nitrogens with two attached hydrogens (primary N) is 1. The maximum atomic E-state index is 7.43. The van der Waals surface area contributed by atoms with Gasteiger partial charge >= 0.3 is 0 Å². The van der Waals surface area contributed by atoms with E-state index < -0.39 is 0 Å². The quantitative estimate of drug-likeness (QED) is 0.653. The second-order valence-corrected chi connectivity index (χ2v) is 5.28. The van der Waals surface area contributed by atoms with Crippen molar-refractivity contribution in [2.75, 3.05) is 0 Å². The minimum absolute atomic E-state index is 0.0655. The third-order valence-corrected chi connectivity index (χ3v) is 3.68. The second kappa shape index (κ2) is 5.57. The number of halogens is 1. The molecule has 1 heterocycles. The molecule has 1 aliphatic rings. The van der Waals surface area contributed by atoms with Gasteiger partial charge in [0.15, 0.2) is 0 Å². The molecule has 1 aromatic rings. The summed E-state index contributed by atoms with van der Waals surface area (Å²) in [5.74, 6) is 1.01. The van der Waals surface area contributed by atoms with Crippen LogP contribution in [0.2, 0.25) is 5.02 Å². The monoisotopic (exact) mass is 267 g/mol. The van der Waals surface area contributed by atoms with E-state index in [2.05, 4.69) is 11.9 Å². The molecule has 1 fully saturated rings. The number of rotatable bonds is 3. The molecule has 2 unspecified atom stereocenters. The van der Waals surface area contributed by atoms with Gasteiger partial charge in [0.05, 0.1) is 0 Å².